The molecule has 1 radical (unpaired) electrons. The second-order valence-electron chi connectivity index (χ2n) is 3.88. The molecular weight excluding hydrogens is 251 g/mol. The number of anilines is 1. The fourth-order valence-electron chi connectivity index (χ4n) is 1.73. The van der Waals surface area contributed by atoms with E-state index in [0.29, 0.717) is 17.7 Å². The van der Waals surface area contributed by atoms with Gasteiger partial charge in [-0.25, -0.2) is 4.98 Å². The van der Waals surface area contributed by atoms with Gasteiger partial charge in [-0.2, -0.15) is 5.26 Å². The summed E-state index contributed by atoms with van der Waals surface area (Å²) in [6, 6.07) is 9.70. The molecule has 0 spiro atoms. The van der Waals surface area contributed by atoms with Crippen molar-refractivity contribution in [3.8, 4) is 6.19 Å². The Morgan fingerprint density at radius 3 is 2.63 bits per heavy atom. The minimum Gasteiger partial charge on any atom is -0.292 e. The molecule has 0 saturated carbocycles. The molecule has 2 aromatic rings. The van der Waals surface area contributed by atoms with Crippen molar-refractivity contribution in [2.45, 2.75) is 13.3 Å². The van der Waals surface area contributed by atoms with Crippen LogP contribution in [0.4, 0.5) is 5.95 Å². The Kier molecular flexibility index (Phi) is 5.77. The second kappa shape index (κ2) is 7.10. The monoisotopic (exact) mass is 263 g/mol. The van der Waals surface area contributed by atoms with Gasteiger partial charge in [0.2, 0.25) is 5.95 Å². The average Bonchev–Trinajstić information content (AvgIpc) is 2.36. The van der Waals surface area contributed by atoms with E-state index >= 15 is 0 Å². The normalized spacial score (nSPS) is 9.26. The van der Waals surface area contributed by atoms with Crippen LogP contribution >= 0.6 is 0 Å². The van der Waals surface area contributed by atoms with Gasteiger partial charge in [0.15, 0.2) is 6.19 Å². The van der Waals surface area contributed by atoms with Crippen molar-refractivity contribution in [1.29, 1.82) is 5.26 Å². The summed E-state index contributed by atoms with van der Waals surface area (Å²) in [5, 5.41) is 10.8. The number of aryl methyl sites for hydroxylation is 1. The molecule has 0 amide bonds. The summed E-state index contributed by atoms with van der Waals surface area (Å²) in [6.45, 7) is 1.76. The molecule has 1 aromatic carbocycles. The summed E-state index contributed by atoms with van der Waals surface area (Å²) in [7, 11) is 0. The van der Waals surface area contributed by atoms with E-state index in [0.717, 1.165) is 5.56 Å². The number of nitrogens with zero attached hydrogens (tertiary/aromatic N) is 2. The van der Waals surface area contributed by atoms with Crippen LogP contribution in [0.15, 0.2) is 35.1 Å². The third-order valence-electron chi connectivity index (χ3n) is 2.62. The maximum absolute atomic E-state index is 11.9. The summed E-state index contributed by atoms with van der Waals surface area (Å²) >= 11 is 0. The van der Waals surface area contributed by atoms with Crippen LogP contribution in [0, 0.1) is 18.4 Å². The van der Waals surface area contributed by atoms with Crippen molar-refractivity contribution in [2.24, 2.45) is 0 Å². The number of aromatic nitrogens is 2. The first-order valence-corrected chi connectivity index (χ1v) is 5.49. The summed E-state index contributed by atoms with van der Waals surface area (Å²) in [6.07, 6.45) is 2.25. The van der Waals surface area contributed by atoms with Gasteiger partial charge in [-0.1, -0.05) is 30.3 Å². The van der Waals surface area contributed by atoms with E-state index in [9.17, 15) is 4.79 Å². The van der Waals surface area contributed by atoms with Crippen molar-refractivity contribution in [2.75, 3.05) is 5.32 Å². The smallest absolute Gasteiger partial charge is 0.256 e. The fraction of sp³-hybridized carbons (Fsp3) is 0.154. The van der Waals surface area contributed by atoms with Crippen LogP contribution in [-0.4, -0.2) is 39.5 Å². The number of hydrogen-bond acceptors (Lipinski definition) is 4. The number of benzene rings is 1. The zero-order valence-electron chi connectivity index (χ0n) is 10.9. The van der Waals surface area contributed by atoms with Crippen molar-refractivity contribution >= 4 is 35.5 Å². The third kappa shape index (κ3) is 3.93. The van der Waals surface area contributed by atoms with E-state index in [1.165, 1.54) is 0 Å². The number of rotatable bonds is 3. The van der Waals surface area contributed by atoms with Crippen LogP contribution in [0.5, 0.6) is 0 Å². The van der Waals surface area contributed by atoms with Gasteiger partial charge in [-0.3, -0.25) is 15.1 Å². The molecular formula is C13H12N4NaO. The number of nitrogens with one attached hydrogen (secondary N) is 2. The molecule has 0 aliphatic rings. The molecule has 0 atom stereocenters. The van der Waals surface area contributed by atoms with E-state index in [4.69, 9.17) is 5.26 Å². The summed E-state index contributed by atoms with van der Waals surface area (Å²) in [5.41, 5.74) is 2.07. The summed E-state index contributed by atoms with van der Waals surface area (Å²) in [4.78, 5) is 18.6. The predicted octanol–water partition coefficient (Wildman–Crippen LogP) is 1.18. The second-order valence-corrected chi connectivity index (χ2v) is 3.88. The first-order chi connectivity index (χ1) is 8.70. The van der Waals surface area contributed by atoms with E-state index < -0.39 is 0 Å². The van der Waals surface area contributed by atoms with Gasteiger partial charge < -0.3 is 0 Å². The van der Waals surface area contributed by atoms with Gasteiger partial charge in [0.1, 0.15) is 0 Å². The Labute approximate surface area is 133 Å². The molecule has 91 valence electrons. The average molecular weight is 263 g/mol. The largest absolute Gasteiger partial charge is 0.292 e. The maximum atomic E-state index is 11.9. The van der Waals surface area contributed by atoms with Crippen LogP contribution in [0.1, 0.15) is 16.8 Å². The molecule has 0 aliphatic carbocycles. The zero-order valence-corrected chi connectivity index (χ0v) is 12.9. The number of hydrogen-bond donors (Lipinski definition) is 2. The topological polar surface area (TPSA) is 81.6 Å². The maximum Gasteiger partial charge on any atom is 0.256 e. The molecule has 0 saturated heterocycles. The predicted molar refractivity (Wildman–Crippen MR) is 73.8 cm³/mol. The summed E-state index contributed by atoms with van der Waals surface area (Å²) in [5.74, 6) is 0.178. The van der Waals surface area contributed by atoms with Gasteiger partial charge in [0, 0.05) is 41.5 Å². The van der Waals surface area contributed by atoms with Gasteiger partial charge in [0.05, 0.1) is 5.69 Å². The van der Waals surface area contributed by atoms with Crippen molar-refractivity contribution < 1.29 is 0 Å². The Morgan fingerprint density at radius 2 is 2.05 bits per heavy atom. The van der Waals surface area contributed by atoms with Crippen molar-refractivity contribution in [3.63, 3.8) is 0 Å². The molecule has 2 N–H and O–H groups in total. The first-order valence-electron chi connectivity index (χ1n) is 5.49. The minimum atomic E-state index is -0.218. The van der Waals surface area contributed by atoms with Gasteiger partial charge >= 0.3 is 0 Å². The van der Waals surface area contributed by atoms with Crippen LogP contribution in [-0.2, 0) is 6.42 Å². The van der Waals surface area contributed by atoms with Gasteiger partial charge in [-0.05, 0) is 12.5 Å². The fourth-order valence-corrected chi connectivity index (χ4v) is 1.73. The van der Waals surface area contributed by atoms with Gasteiger partial charge in [0.25, 0.3) is 5.56 Å². The summed E-state index contributed by atoms with van der Waals surface area (Å²) < 4.78 is 0. The van der Waals surface area contributed by atoms with E-state index in [1.54, 1.807) is 13.1 Å². The number of aromatic amines is 1. The van der Waals surface area contributed by atoms with Crippen LogP contribution in [0.25, 0.3) is 0 Å². The van der Waals surface area contributed by atoms with Crippen LogP contribution in [0.3, 0.4) is 0 Å². The molecule has 0 aliphatic heterocycles. The molecule has 1 heterocycles. The zero-order chi connectivity index (χ0) is 13.0. The van der Waals surface area contributed by atoms with Crippen LogP contribution < -0.4 is 10.9 Å². The molecule has 6 heteroatoms. The molecule has 0 unspecified atom stereocenters. The molecule has 2 rings (SSSR count). The minimum absolute atomic E-state index is 0. The SMILES string of the molecule is Cc1nc(NC#N)[nH]c(=O)c1Cc1ccccc1.[Na]. The standard InChI is InChI=1S/C13H12N4O.Na/c1-9-11(7-10-5-3-2-4-6-10)12(18)17-13(16-9)15-8-14;/h2-6H,7H2,1H3,(H2,15,16,17,18);. The molecule has 1 aromatic heterocycles. The molecule has 0 fully saturated rings. The number of H-pyrrole nitrogens is 1. The van der Waals surface area contributed by atoms with E-state index in [1.807, 2.05) is 30.3 Å². The van der Waals surface area contributed by atoms with E-state index in [2.05, 4.69) is 15.3 Å². The Morgan fingerprint density at radius 1 is 1.37 bits per heavy atom. The third-order valence-corrected chi connectivity index (χ3v) is 2.62. The molecule has 5 nitrogen and oxygen atoms in total. The first kappa shape index (κ1) is 15.4. The Balaban J connectivity index is 0.00000180. The van der Waals surface area contributed by atoms with Gasteiger partial charge in [-0.15, -0.1) is 0 Å². The Bertz CT molecular complexity index is 646. The number of nitriles is 1. The van der Waals surface area contributed by atoms with Crippen molar-refractivity contribution in [3.05, 3.63) is 57.5 Å². The van der Waals surface area contributed by atoms with Crippen molar-refractivity contribution in [1.82, 2.24) is 9.97 Å². The Hall–Kier alpha value is -1.61. The molecule has 19 heavy (non-hydrogen) atoms. The molecule has 0 bridgehead atoms. The van der Waals surface area contributed by atoms with E-state index in [-0.39, 0.29) is 41.1 Å². The van der Waals surface area contributed by atoms with Crippen LogP contribution in [0.2, 0.25) is 0 Å². The quantitative estimate of drug-likeness (QED) is 0.495.